The number of hydrogen-bond acceptors (Lipinski definition) is 6. The number of nitrogens with zero attached hydrogens (tertiary/aromatic N) is 2. The number of aryl methyl sites for hydroxylation is 1. The molecule has 2 aromatic heterocycles. The van der Waals surface area contributed by atoms with Gasteiger partial charge in [0.25, 0.3) is 15.7 Å². The molecule has 0 fully saturated rings. The van der Waals surface area contributed by atoms with Crippen LogP contribution in [-0.2, 0) is 26.4 Å². The number of aromatic nitrogens is 2. The Balaban J connectivity index is 1.74. The molecule has 0 bridgehead atoms. The first-order chi connectivity index (χ1) is 13.1. The summed E-state index contributed by atoms with van der Waals surface area (Å²) < 4.78 is 45.5. The predicted octanol–water partition coefficient (Wildman–Crippen LogP) is 2.10. The standard InChI is InChI=1S/C18H14ClFN2O5S/c1-10-2-4-11(5-3-10)28(25,26)27-9-18(24)8-22-16-14(6-12(19)17(22)23)21-7-13(20)15(16)18/h2-7,24H,8-9H2,1H3. The highest BCUT2D eigenvalue weighted by Gasteiger charge is 2.43. The van der Waals surface area contributed by atoms with Crippen molar-refractivity contribution in [1.82, 2.24) is 9.55 Å². The Hall–Kier alpha value is -2.33. The zero-order valence-corrected chi connectivity index (χ0v) is 16.1. The second-order valence-corrected chi connectivity index (χ2v) is 8.68. The lowest BCUT2D eigenvalue weighted by Gasteiger charge is -2.23. The first kappa shape index (κ1) is 19.0. The Bertz CT molecular complexity index is 1270. The SMILES string of the molecule is Cc1ccc(S(=O)(=O)OCC2(O)Cn3c(=O)c(Cl)cc4ncc(F)c2c43)cc1. The van der Waals surface area contributed by atoms with E-state index in [1.54, 1.807) is 19.1 Å². The van der Waals surface area contributed by atoms with Crippen LogP contribution in [0.3, 0.4) is 0 Å². The summed E-state index contributed by atoms with van der Waals surface area (Å²) in [6.45, 7) is 0.609. The zero-order chi connectivity index (χ0) is 20.3. The normalized spacial score (nSPS) is 18.7. The number of benzene rings is 1. The number of hydrogen-bond donors (Lipinski definition) is 1. The largest absolute Gasteiger partial charge is 0.381 e. The fourth-order valence-corrected chi connectivity index (χ4v) is 4.45. The number of halogens is 2. The van der Waals surface area contributed by atoms with Crippen LogP contribution in [0, 0.1) is 12.7 Å². The first-order valence-electron chi connectivity index (χ1n) is 8.19. The van der Waals surface area contributed by atoms with Gasteiger partial charge in [-0.2, -0.15) is 8.42 Å². The highest BCUT2D eigenvalue weighted by Crippen LogP contribution is 2.38. The van der Waals surface area contributed by atoms with E-state index in [2.05, 4.69) is 4.98 Å². The summed E-state index contributed by atoms with van der Waals surface area (Å²) in [5.41, 5.74) is -1.83. The van der Waals surface area contributed by atoms with Crippen LogP contribution in [0.1, 0.15) is 11.1 Å². The van der Waals surface area contributed by atoms with Crippen molar-refractivity contribution in [2.75, 3.05) is 6.61 Å². The maximum Gasteiger partial charge on any atom is 0.297 e. The summed E-state index contributed by atoms with van der Waals surface area (Å²) in [7, 11) is -4.20. The lowest BCUT2D eigenvalue weighted by molar-refractivity contribution is -0.0159. The van der Waals surface area contributed by atoms with Crippen LogP contribution in [0.15, 0.2) is 46.2 Å². The van der Waals surface area contributed by atoms with Gasteiger partial charge in [-0.05, 0) is 25.1 Å². The van der Waals surface area contributed by atoms with Gasteiger partial charge in [0.2, 0.25) is 0 Å². The van der Waals surface area contributed by atoms with E-state index in [4.69, 9.17) is 15.8 Å². The molecular formula is C18H14ClFN2O5S. The summed E-state index contributed by atoms with van der Waals surface area (Å²) in [5.74, 6) is -0.876. The summed E-state index contributed by atoms with van der Waals surface area (Å²) in [6, 6.07) is 7.21. The fraction of sp³-hybridized carbons (Fsp3) is 0.222. The van der Waals surface area contributed by atoms with Gasteiger partial charge >= 0.3 is 0 Å². The third kappa shape index (κ3) is 2.91. The molecule has 0 aliphatic carbocycles. The van der Waals surface area contributed by atoms with Crippen molar-refractivity contribution in [1.29, 1.82) is 0 Å². The average molecular weight is 425 g/mol. The lowest BCUT2D eigenvalue weighted by atomic mass is 9.97. The van der Waals surface area contributed by atoms with E-state index < -0.39 is 40.2 Å². The summed E-state index contributed by atoms with van der Waals surface area (Å²) in [4.78, 5) is 16.1. The molecule has 1 atom stereocenters. The van der Waals surface area contributed by atoms with Crippen LogP contribution in [0.25, 0.3) is 11.0 Å². The van der Waals surface area contributed by atoms with E-state index in [0.717, 1.165) is 16.3 Å². The van der Waals surface area contributed by atoms with Gasteiger partial charge in [0, 0.05) is 0 Å². The molecule has 1 aromatic carbocycles. The molecule has 4 rings (SSSR count). The molecule has 10 heteroatoms. The van der Waals surface area contributed by atoms with Crippen molar-refractivity contribution in [3.05, 3.63) is 68.8 Å². The van der Waals surface area contributed by atoms with E-state index in [1.165, 1.54) is 18.2 Å². The monoisotopic (exact) mass is 424 g/mol. The van der Waals surface area contributed by atoms with Crippen molar-refractivity contribution < 1.29 is 22.1 Å². The van der Waals surface area contributed by atoms with Crippen LogP contribution in [0.5, 0.6) is 0 Å². The molecule has 1 N–H and O–H groups in total. The van der Waals surface area contributed by atoms with Gasteiger partial charge < -0.3 is 9.67 Å². The molecule has 0 amide bonds. The summed E-state index contributed by atoms with van der Waals surface area (Å²) in [6.07, 6.45) is 0.883. The molecule has 0 radical (unpaired) electrons. The number of aliphatic hydroxyl groups is 1. The van der Waals surface area contributed by atoms with Gasteiger partial charge in [-0.1, -0.05) is 29.3 Å². The van der Waals surface area contributed by atoms with E-state index in [9.17, 15) is 22.7 Å². The Morgan fingerprint density at radius 2 is 2.04 bits per heavy atom. The van der Waals surface area contributed by atoms with Gasteiger partial charge in [-0.3, -0.25) is 14.0 Å². The number of rotatable bonds is 4. The minimum Gasteiger partial charge on any atom is -0.381 e. The van der Waals surface area contributed by atoms with Gasteiger partial charge in [-0.25, -0.2) is 4.39 Å². The molecule has 0 spiro atoms. The van der Waals surface area contributed by atoms with Crippen molar-refractivity contribution in [3.63, 3.8) is 0 Å². The zero-order valence-electron chi connectivity index (χ0n) is 14.5. The molecule has 0 saturated heterocycles. The molecule has 1 aliphatic rings. The van der Waals surface area contributed by atoms with Crippen molar-refractivity contribution in [2.45, 2.75) is 24.0 Å². The van der Waals surface area contributed by atoms with Crippen molar-refractivity contribution >= 4 is 32.8 Å². The second-order valence-electron chi connectivity index (χ2n) is 6.66. The van der Waals surface area contributed by atoms with E-state index >= 15 is 0 Å². The topological polar surface area (TPSA) is 98.5 Å². The average Bonchev–Trinajstić information content (AvgIpc) is 2.97. The Labute approximate surface area is 164 Å². The maximum absolute atomic E-state index is 14.5. The first-order valence-corrected chi connectivity index (χ1v) is 9.97. The fourth-order valence-electron chi connectivity index (χ4n) is 3.28. The van der Waals surface area contributed by atoms with Gasteiger partial charge in [0.1, 0.15) is 23.0 Å². The third-order valence-electron chi connectivity index (χ3n) is 4.67. The van der Waals surface area contributed by atoms with Gasteiger partial charge in [0.05, 0.1) is 34.2 Å². The van der Waals surface area contributed by atoms with Crippen LogP contribution in [-0.4, -0.2) is 29.7 Å². The molecule has 1 unspecified atom stereocenters. The summed E-state index contributed by atoms with van der Waals surface area (Å²) >= 11 is 5.89. The van der Waals surface area contributed by atoms with E-state index in [-0.39, 0.29) is 26.5 Å². The lowest BCUT2D eigenvalue weighted by Crippen LogP contribution is -2.36. The molecule has 3 aromatic rings. The molecule has 146 valence electrons. The number of pyridine rings is 2. The molecule has 7 nitrogen and oxygen atoms in total. The maximum atomic E-state index is 14.5. The molecule has 1 aliphatic heterocycles. The Morgan fingerprint density at radius 3 is 2.71 bits per heavy atom. The summed E-state index contributed by atoms with van der Waals surface area (Å²) in [5, 5.41) is 10.9. The minimum absolute atomic E-state index is 0.0632. The Morgan fingerprint density at radius 1 is 1.36 bits per heavy atom. The predicted molar refractivity (Wildman–Crippen MR) is 99.2 cm³/mol. The van der Waals surface area contributed by atoms with E-state index in [0.29, 0.717) is 0 Å². The minimum atomic E-state index is -4.20. The Kier molecular flexibility index (Phi) is 4.31. The van der Waals surface area contributed by atoms with Crippen molar-refractivity contribution in [2.24, 2.45) is 0 Å². The van der Waals surface area contributed by atoms with Crippen molar-refractivity contribution in [3.8, 4) is 0 Å². The molecule has 3 heterocycles. The molecular weight excluding hydrogens is 411 g/mol. The van der Waals surface area contributed by atoms with Crippen LogP contribution < -0.4 is 5.56 Å². The third-order valence-corrected chi connectivity index (χ3v) is 6.21. The van der Waals surface area contributed by atoms with Crippen LogP contribution >= 0.6 is 11.6 Å². The second kappa shape index (κ2) is 6.35. The van der Waals surface area contributed by atoms with E-state index in [1.807, 2.05) is 0 Å². The van der Waals surface area contributed by atoms with Gasteiger partial charge in [-0.15, -0.1) is 0 Å². The van der Waals surface area contributed by atoms with Crippen LogP contribution in [0.2, 0.25) is 5.02 Å². The molecule has 0 saturated carbocycles. The van der Waals surface area contributed by atoms with Gasteiger partial charge in [0.15, 0.2) is 0 Å². The smallest absolute Gasteiger partial charge is 0.297 e. The highest BCUT2D eigenvalue weighted by atomic mass is 35.5. The van der Waals surface area contributed by atoms with Crippen LogP contribution in [0.4, 0.5) is 4.39 Å². The highest BCUT2D eigenvalue weighted by molar-refractivity contribution is 7.86. The molecule has 28 heavy (non-hydrogen) atoms. The quantitative estimate of drug-likeness (QED) is 0.644.